The minimum absolute atomic E-state index is 0.0308. The van der Waals surface area contributed by atoms with Gasteiger partial charge in [-0.05, 0) is 25.7 Å². The summed E-state index contributed by atoms with van der Waals surface area (Å²) in [7, 11) is 0. The third-order valence-corrected chi connectivity index (χ3v) is 4.98. The fraction of sp³-hybridized carbons (Fsp3) is 0.619. The van der Waals surface area contributed by atoms with Crippen molar-refractivity contribution in [1.82, 2.24) is 19.5 Å². The Labute approximate surface area is 186 Å². The molecular weight excluding hydrogens is 416 g/mol. The number of Topliss-reactive ketones (excluding diaryl/α,β-unsaturated/α-hetero) is 1. The van der Waals surface area contributed by atoms with Crippen LogP contribution in [0.1, 0.15) is 46.5 Å². The molecule has 2 heterocycles. The summed E-state index contributed by atoms with van der Waals surface area (Å²) in [6, 6.07) is -0.690. The van der Waals surface area contributed by atoms with Crippen molar-refractivity contribution in [2.75, 3.05) is 18.9 Å². The van der Waals surface area contributed by atoms with Gasteiger partial charge in [-0.3, -0.25) is 9.59 Å². The monoisotopic (exact) mass is 448 g/mol. The van der Waals surface area contributed by atoms with Crippen LogP contribution in [-0.2, 0) is 30.4 Å². The Balaban J connectivity index is 1.99. The van der Waals surface area contributed by atoms with E-state index in [0.717, 1.165) is 0 Å². The van der Waals surface area contributed by atoms with Crippen molar-refractivity contribution in [2.45, 2.75) is 59.0 Å². The highest BCUT2D eigenvalue weighted by Crippen LogP contribution is 2.16. The third kappa shape index (κ3) is 7.88. The first-order chi connectivity index (χ1) is 15.2. The van der Waals surface area contributed by atoms with Gasteiger partial charge in [0, 0.05) is 25.3 Å². The third-order valence-electron chi connectivity index (χ3n) is 4.98. The lowest BCUT2D eigenvalue weighted by Gasteiger charge is -2.19. The van der Waals surface area contributed by atoms with E-state index < -0.39 is 12.0 Å². The Hall–Kier alpha value is -3.08. The smallest absolute Gasteiger partial charge is 0.323 e. The van der Waals surface area contributed by atoms with Gasteiger partial charge in [-0.1, -0.05) is 13.8 Å². The zero-order chi connectivity index (χ0) is 23.7. The molecule has 176 valence electrons. The second kappa shape index (κ2) is 12.1. The molecule has 11 heteroatoms. The number of nitrogens with zero attached hydrogens (tertiary/aromatic N) is 4. The number of esters is 2. The molecule has 0 amide bonds. The van der Waals surface area contributed by atoms with Crippen LogP contribution in [-0.4, -0.2) is 56.5 Å². The van der Waals surface area contributed by atoms with Crippen LogP contribution < -0.4 is 11.5 Å². The average molecular weight is 449 g/mol. The Morgan fingerprint density at radius 1 is 1.16 bits per heavy atom. The molecule has 2 rings (SSSR count). The second-order valence-electron chi connectivity index (χ2n) is 8.16. The summed E-state index contributed by atoms with van der Waals surface area (Å²) in [6.07, 6.45) is 4.55. The Kier molecular flexibility index (Phi) is 9.51. The molecule has 2 aromatic rings. The van der Waals surface area contributed by atoms with E-state index in [1.165, 1.54) is 13.1 Å². The molecule has 0 aliphatic rings. The van der Waals surface area contributed by atoms with E-state index in [2.05, 4.69) is 15.0 Å². The molecule has 11 nitrogen and oxygen atoms in total. The number of aromatic nitrogens is 4. The Bertz CT molecular complexity index is 929. The maximum absolute atomic E-state index is 12.0. The zero-order valence-electron chi connectivity index (χ0n) is 18.8. The fourth-order valence-electron chi connectivity index (χ4n) is 2.97. The molecule has 0 aromatic carbocycles. The zero-order valence-corrected chi connectivity index (χ0v) is 18.8. The van der Waals surface area contributed by atoms with Gasteiger partial charge < -0.3 is 30.3 Å². The summed E-state index contributed by atoms with van der Waals surface area (Å²) in [5, 5.41) is 0. The molecule has 0 saturated heterocycles. The van der Waals surface area contributed by atoms with Gasteiger partial charge in [0.25, 0.3) is 0 Å². The molecular formula is C21H32N6O5. The van der Waals surface area contributed by atoms with Crippen LogP contribution in [0.3, 0.4) is 0 Å². The highest BCUT2D eigenvalue weighted by Gasteiger charge is 2.21. The lowest BCUT2D eigenvalue weighted by molar-refractivity contribution is -0.149. The molecule has 2 atom stereocenters. The summed E-state index contributed by atoms with van der Waals surface area (Å²) in [6.45, 7) is 5.85. The van der Waals surface area contributed by atoms with Crippen molar-refractivity contribution in [3.8, 4) is 0 Å². The van der Waals surface area contributed by atoms with E-state index in [9.17, 15) is 14.4 Å². The van der Waals surface area contributed by atoms with E-state index in [0.29, 0.717) is 37.0 Å². The van der Waals surface area contributed by atoms with E-state index in [1.54, 1.807) is 10.9 Å². The van der Waals surface area contributed by atoms with Gasteiger partial charge in [-0.15, -0.1) is 0 Å². The molecule has 0 spiro atoms. The number of ketones is 1. The minimum Gasteiger partial charge on any atom is -0.465 e. The van der Waals surface area contributed by atoms with Crippen molar-refractivity contribution in [2.24, 2.45) is 17.6 Å². The van der Waals surface area contributed by atoms with Gasteiger partial charge in [0.1, 0.15) is 17.3 Å². The van der Waals surface area contributed by atoms with Crippen molar-refractivity contribution in [1.29, 1.82) is 0 Å². The first-order valence-electron chi connectivity index (χ1n) is 10.7. The summed E-state index contributed by atoms with van der Waals surface area (Å²) < 4.78 is 12.5. The summed E-state index contributed by atoms with van der Waals surface area (Å²) in [5.74, 6) is -0.888. The molecule has 1 unspecified atom stereocenters. The second-order valence-corrected chi connectivity index (χ2v) is 8.16. The maximum Gasteiger partial charge on any atom is 0.323 e. The van der Waals surface area contributed by atoms with Crippen LogP contribution in [0.2, 0.25) is 0 Å². The SMILES string of the molecule is CC(=O)CCCC(=O)OCC(CCOC(=O)[C@@H](N)C(C)C)Cn1cnc2cnc(N)nc21. The lowest BCUT2D eigenvalue weighted by atomic mass is 10.1. The van der Waals surface area contributed by atoms with E-state index in [1.807, 2.05) is 13.8 Å². The van der Waals surface area contributed by atoms with Crippen LogP contribution in [0, 0.1) is 11.8 Å². The molecule has 0 aliphatic carbocycles. The summed E-state index contributed by atoms with van der Waals surface area (Å²) in [5.41, 5.74) is 12.7. The predicted octanol–water partition coefficient (Wildman–Crippen LogP) is 1.24. The standard InChI is InChI=1S/C21H32N6O5/c1-13(2)18(22)20(30)31-8-7-15(11-32-17(29)6-4-5-14(3)28)10-27-12-25-16-9-24-21(23)26-19(16)27/h9,12-13,15,18H,4-8,10-11,22H2,1-3H3,(H2,23,24,26)/t15?,18-/m0/s1. The number of hydrogen-bond donors (Lipinski definition) is 2. The minimum atomic E-state index is -0.690. The molecule has 2 aromatic heterocycles. The van der Waals surface area contributed by atoms with Gasteiger partial charge in [-0.25, -0.2) is 9.97 Å². The van der Waals surface area contributed by atoms with Gasteiger partial charge in [0.05, 0.1) is 25.7 Å². The molecule has 0 aliphatic heterocycles. The summed E-state index contributed by atoms with van der Waals surface area (Å²) in [4.78, 5) is 47.5. The molecule has 0 saturated carbocycles. The van der Waals surface area contributed by atoms with Crippen LogP contribution in [0.25, 0.3) is 11.2 Å². The van der Waals surface area contributed by atoms with Gasteiger partial charge in [0.2, 0.25) is 5.95 Å². The Morgan fingerprint density at radius 3 is 2.59 bits per heavy atom. The number of imidazole rings is 1. The number of hydrogen-bond acceptors (Lipinski definition) is 10. The van der Waals surface area contributed by atoms with Crippen molar-refractivity contribution >= 4 is 34.8 Å². The van der Waals surface area contributed by atoms with Crippen LogP contribution >= 0.6 is 0 Å². The molecule has 0 radical (unpaired) electrons. The topological polar surface area (TPSA) is 165 Å². The molecule has 0 bridgehead atoms. The van der Waals surface area contributed by atoms with Crippen LogP contribution in [0.4, 0.5) is 5.95 Å². The van der Waals surface area contributed by atoms with Crippen LogP contribution in [0.5, 0.6) is 0 Å². The van der Waals surface area contributed by atoms with Gasteiger partial charge in [-0.2, -0.15) is 4.98 Å². The maximum atomic E-state index is 12.0. The molecule has 4 N–H and O–H groups in total. The van der Waals surface area contributed by atoms with Gasteiger partial charge >= 0.3 is 11.9 Å². The molecule has 32 heavy (non-hydrogen) atoms. The lowest BCUT2D eigenvalue weighted by Crippen LogP contribution is -2.37. The number of carbonyl (C=O) groups is 3. The van der Waals surface area contributed by atoms with E-state index in [-0.39, 0.29) is 49.2 Å². The fourth-order valence-corrected chi connectivity index (χ4v) is 2.97. The van der Waals surface area contributed by atoms with Crippen molar-refractivity contribution in [3.63, 3.8) is 0 Å². The van der Waals surface area contributed by atoms with E-state index >= 15 is 0 Å². The number of nitrogens with two attached hydrogens (primary N) is 2. The van der Waals surface area contributed by atoms with Crippen molar-refractivity contribution < 1.29 is 23.9 Å². The average Bonchev–Trinajstić information content (AvgIpc) is 3.12. The number of rotatable bonds is 13. The number of nitrogen functional groups attached to an aromatic ring is 1. The van der Waals surface area contributed by atoms with Crippen molar-refractivity contribution in [3.05, 3.63) is 12.5 Å². The number of ether oxygens (including phenoxy) is 2. The predicted molar refractivity (Wildman–Crippen MR) is 117 cm³/mol. The number of carbonyl (C=O) groups excluding carboxylic acids is 3. The number of anilines is 1. The normalized spacial score (nSPS) is 13.2. The number of fused-ring (bicyclic) bond motifs is 1. The highest BCUT2D eigenvalue weighted by molar-refractivity contribution is 5.76. The quantitative estimate of drug-likeness (QED) is 0.426. The highest BCUT2D eigenvalue weighted by atomic mass is 16.5. The Morgan fingerprint density at radius 2 is 1.91 bits per heavy atom. The largest absolute Gasteiger partial charge is 0.465 e. The first kappa shape index (κ1) is 25.2. The summed E-state index contributed by atoms with van der Waals surface area (Å²) >= 11 is 0. The first-order valence-corrected chi connectivity index (χ1v) is 10.7. The van der Waals surface area contributed by atoms with Crippen LogP contribution in [0.15, 0.2) is 12.5 Å². The van der Waals surface area contributed by atoms with Gasteiger partial charge in [0.15, 0.2) is 5.65 Å². The van der Waals surface area contributed by atoms with E-state index in [4.69, 9.17) is 20.9 Å². The molecule has 0 fully saturated rings.